The summed E-state index contributed by atoms with van der Waals surface area (Å²) >= 11 is 4.26. The molecule has 0 spiro atoms. The Labute approximate surface area is 194 Å². The standard InChI is InChI=1S/C16H15O4S.Cs/c1-18-15(17)13-9-8-12(21)10-14(13)20-16(19-2)11-6-4-3-5-7-11;/h3-4,6-10,16,21H,1-2H3;/q-1;+1. The second-order valence-electron chi connectivity index (χ2n) is 4.19. The molecular weight excluding hydrogens is 421 g/mol. The molecule has 2 aromatic rings. The van der Waals surface area contributed by atoms with Crippen LogP contribution in [0.1, 0.15) is 22.2 Å². The molecule has 110 valence electrons. The summed E-state index contributed by atoms with van der Waals surface area (Å²) in [5.74, 6) is -0.127. The molecule has 0 saturated heterocycles. The van der Waals surface area contributed by atoms with Crippen molar-refractivity contribution in [3.8, 4) is 5.75 Å². The van der Waals surface area contributed by atoms with Gasteiger partial charge in [0.05, 0.1) is 7.11 Å². The second kappa shape index (κ2) is 10.0. The predicted molar refractivity (Wildman–Crippen MR) is 80.7 cm³/mol. The molecule has 22 heavy (non-hydrogen) atoms. The van der Waals surface area contributed by atoms with E-state index in [0.717, 1.165) is 5.56 Å². The van der Waals surface area contributed by atoms with Gasteiger partial charge in [-0.15, -0.1) is 12.6 Å². The third kappa shape index (κ3) is 5.31. The minimum absolute atomic E-state index is 0. The number of carbonyl (C=O) groups excluding carboxylic acids is 1. The van der Waals surface area contributed by atoms with E-state index < -0.39 is 12.3 Å². The maximum Gasteiger partial charge on any atom is 1.00 e. The van der Waals surface area contributed by atoms with Gasteiger partial charge in [0.25, 0.3) is 0 Å². The molecule has 0 fully saturated rings. The molecule has 2 aromatic carbocycles. The number of carbonyl (C=O) groups is 1. The van der Waals surface area contributed by atoms with E-state index in [-0.39, 0.29) is 68.9 Å². The molecule has 1 unspecified atom stereocenters. The molecule has 0 aliphatic carbocycles. The summed E-state index contributed by atoms with van der Waals surface area (Å²) in [5, 5.41) is 0. The van der Waals surface area contributed by atoms with Gasteiger partial charge in [0.2, 0.25) is 0 Å². The summed E-state index contributed by atoms with van der Waals surface area (Å²) in [5.41, 5.74) is 1.11. The first-order valence-corrected chi connectivity index (χ1v) is 6.67. The zero-order valence-electron chi connectivity index (χ0n) is 12.7. The summed E-state index contributed by atoms with van der Waals surface area (Å²) < 4.78 is 15.9. The summed E-state index contributed by atoms with van der Waals surface area (Å²) in [6.07, 6.45) is -0.652. The first-order chi connectivity index (χ1) is 10.2. The number of esters is 1. The van der Waals surface area contributed by atoms with Crippen LogP contribution in [-0.4, -0.2) is 20.2 Å². The van der Waals surface area contributed by atoms with Crippen molar-refractivity contribution in [3.05, 3.63) is 59.7 Å². The van der Waals surface area contributed by atoms with Gasteiger partial charge in [0, 0.05) is 12.0 Å². The van der Waals surface area contributed by atoms with E-state index in [4.69, 9.17) is 14.2 Å². The molecule has 0 aromatic heterocycles. The molecule has 0 radical (unpaired) electrons. The van der Waals surface area contributed by atoms with Crippen LogP contribution in [0.2, 0.25) is 0 Å². The molecule has 0 heterocycles. The monoisotopic (exact) mass is 436 g/mol. The number of rotatable bonds is 5. The van der Waals surface area contributed by atoms with Crippen molar-refractivity contribution in [3.63, 3.8) is 0 Å². The Hall–Kier alpha value is 0.0719. The van der Waals surface area contributed by atoms with Crippen LogP contribution in [0.15, 0.2) is 47.4 Å². The number of thiol groups is 1. The van der Waals surface area contributed by atoms with E-state index in [2.05, 4.69) is 18.7 Å². The third-order valence-corrected chi connectivity index (χ3v) is 3.10. The molecule has 0 saturated carbocycles. The van der Waals surface area contributed by atoms with Crippen LogP contribution >= 0.6 is 12.6 Å². The van der Waals surface area contributed by atoms with E-state index in [1.807, 2.05) is 12.1 Å². The molecular formula is C16H15CsO4S. The third-order valence-electron chi connectivity index (χ3n) is 2.82. The Morgan fingerprint density at radius 1 is 1.27 bits per heavy atom. The summed E-state index contributed by atoms with van der Waals surface area (Å²) in [4.78, 5) is 12.5. The number of ether oxygens (including phenoxy) is 3. The zero-order chi connectivity index (χ0) is 15.2. The predicted octanol–water partition coefficient (Wildman–Crippen LogP) is 0.290. The van der Waals surface area contributed by atoms with Gasteiger partial charge in [-0.05, 0) is 18.2 Å². The summed E-state index contributed by atoms with van der Waals surface area (Å²) in [6.45, 7) is 0. The van der Waals surface area contributed by atoms with Crippen molar-refractivity contribution < 1.29 is 87.9 Å². The van der Waals surface area contributed by atoms with E-state index in [0.29, 0.717) is 16.2 Å². The topological polar surface area (TPSA) is 44.8 Å². The fourth-order valence-electron chi connectivity index (χ4n) is 1.81. The van der Waals surface area contributed by atoms with Crippen molar-refractivity contribution in [1.29, 1.82) is 0 Å². The van der Waals surface area contributed by atoms with E-state index in [1.54, 1.807) is 30.3 Å². The largest absolute Gasteiger partial charge is 1.00 e. The van der Waals surface area contributed by atoms with Crippen molar-refractivity contribution in [2.45, 2.75) is 11.2 Å². The molecule has 0 aliphatic heterocycles. The fraction of sp³-hybridized carbons (Fsp3) is 0.188. The average molecular weight is 436 g/mol. The molecule has 0 bridgehead atoms. The summed E-state index contributed by atoms with van der Waals surface area (Å²) in [6, 6.07) is 15.1. The van der Waals surface area contributed by atoms with Gasteiger partial charge >= 0.3 is 74.9 Å². The van der Waals surface area contributed by atoms with E-state index >= 15 is 0 Å². The van der Waals surface area contributed by atoms with Crippen LogP contribution in [-0.2, 0) is 9.47 Å². The van der Waals surface area contributed by atoms with Crippen LogP contribution in [0.5, 0.6) is 5.75 Å². The van der Waals surface area contributed by atoms with Gasteiger partial charge in [0.15, 0.2) is 6.29 Å². The molecule has 0 aliphatic rings. The Morgan fingerprint density at radius 3 is 2.64 bits per heavy atom. The van der Waals surface area contributed by atoms with Crippen LogP contribution in [0.3, 0.4) is 0 Å². The van der Waals surface area contributed by atoms with E-state index in [1.165, 1.54) is 14.2 Å². The van der Waals surface area contributed by atoms with Gasteiger partial charge in [-0.3, -0.25) is 0 Å². The molecule has 0 amide bonds. The molecule has 0 N–H and O–H groups in total. The average Bonchev–Trinajstić information content (AvgIpc) is 2.53. The Balaban J connectivity index is 0.00000242. The minimum Gasteiger partial charge on any atom is -0.470 e. The maximum atomic E-state index is 11.8. The maximum absolute atomic E-state index is 11.8. The minimum atomic E-state index is -0.652. The normalized spacial score (nSPS) is 11.2. The van der Waals surface area contributed by atoms with E-state index in [9.17, 15) is 4.79 Å². The Morgan fingerprint density at radius 2 is 2.05 bits per heavy atom. The van der Waals surface area contributed by atoms with Crippen LogP contribution in [0, 0.1) is 6.07 Å². The van der Waals surface area contributed by atoms with Crippen molar-refractivity contribution >= 4 is 18.6 Å². The van der Waals surface area contributed by atoms with Crippen LogP contribution in [0.25, 0.3) is 0 Å². The number of hydrogen-bond acceptors (Lipinski definition) is 5. The SMILES string of the molecule is COC(=O)c1ccc(S)cc1OC(OC)c1c[c-]ccc1.[Cs+]. The Bertz CT molecular complexity index is 619. The number of hydrogen-bond donors (Lipinski definition) is 1. The van der Waals surface area contributed by atoms with Crippen LogP contribution in [0.4, 0.5) is 0 Å². The molecule has 6 heteroatoms. The van der Waals surface area contributed by atoms with Crippen LogP contribution < -0.4 is 73.6 Å². The van der Waals surface area contributed by atoms with Crippen molar-refractivity contribution in [2.75, 3.05) is 14.2 Å². The molecule has 2 rings (SSSR count). The smallest absolute Gasteiger partial charge is 0.470 e. The molecule has 1 atom stereocenters. The zero-order valence-corrected chi connectivity index (χ0v) is 19.9. The van der Waals surface area contributed by atoms with Gasteiger partial charge in [-0.25, -0.2) is 4.79 Å². The Kier molecular flexibility index (Phi) is 9.19. The fourth-order valence-corrected chi connectivity index (χ4v) is 2.00. The van der Waals surface area contributed by atoms with Gasteiger partial charge in [0.1, 0.15) is 11.3 Å². The van der Waals surface area contributed by atoms with Gasteiger partial charge < -0.3 is 14.2 Å². The summed E-state index contributed by atoms with van der Waals surface area (Å²) in [7, 11) is 2.85. The second-order valence-corrected chi connectivity index (χ2v) is 4.71. The quantitative estimate of drug-likeness (QED) is 0.317. The molecule has 4 nitrogen and oxygen atoms in total. The first kappa shape index (κ1) is 20.1. The number of methoxy groups -OCH3 is 2. The van der Waals surface area contributed by atoms with Gasteiger partial charge in [-0.2, -0.15) is 30.3 Å². The van der Waals surface area contributed by atoms with Gasteiger partial charge in [-0.1, -0.05) is 5.56 Å². The first-order valence-electron chi connectivity index (χ1n) is 6.22. The number of benzene rings is 2. The van der Waals surface area contributed by atoms with Crippen molar-refractivity contribution in [2.24, 2.45) is 0 Å². The van der Waals surface area contributed by atoms with Crippen molar-refractivity contribution in [1.82, 2.24) is 0 Å².